The van der Waals surface area contributed by atoms with E-state index in [2.05, 4.69) is 5.41 Å². The van der Waals surface area contributed by atoms with Crippen molar-refractivity contribution in [3.05, 3.63) is 9.49 Å². The summed E-state index contributed by atoms with van der Waals surface area (Å²) in [5.74, 6) is 0. The second-order valence-corrected chi connectivity index (χ2v) is 1.67. The summed E-state index contributed by atoms with van der Waals surface area (Å²) in [6.45, 7) is 0. The van der Waals surface area contributed by atoms with Gasteiger partial charge in [-0.3, -0.25) is 0 Å². The average Bonchev–Trinajstić information content (AvgIpc) is 1.61. The van der Waals surface area contributed by atoms with Crippen LogP contribution in [0.3, 0.4) is 0 Å². The van der Waals surface area contributed by atoms with E-state index < -0.39 is 0 Å². The molecule has 0 atom stereocenters. The summed E-state index contributed by atoms with van der Waals surface area (Å²) in [6, 6.07) is 0. The maximum Gasteiger partial charge on any atom is 0.138 e. The first kappa shape index (κ1) is 6.31. The van der Waals surface area contributed by atoms with Gasteiger partial charge in [-0.15, -0.1) is 0 Å². The molecule has 0 heterocycles. The van der Waals surface area contributed by atoms with Crippen molar-refractivity contribution in [2.24, 2.45) is 0 Å². The zero-order valence-electron chi connectivity index (χ0n) is 2.81. The van der Waals surface area contributed by atoms with Gasteiger partial charge in [0.05, 0.1) is 0 Å². The highest BCUT2D eigenvalue weighted by Gasteiger charge is 1.64. The highest BCUT2D eigenvalue weighted by atomic mass is 127. The summed E-state index contributed by atoms with van der Waals surface area (Å²) >= 11 is 3.00. The van der Waals surface area contributed by atoms with Gasteiger partial charge in [0.2, 0.25) is 0 Å². The molecule has 0 aliphatic carbocycles. The molecule has 6 heavy (non-hydrogen) atoms. The average molecular weight is 210 g/mol. The number of nitriles is 1. The third kappa shape index (κ3) is 4.31. The van der Waals surface area contributed by atoms with Gasteiger partial charge >= 0.3 is 0 Å². The van der Waals surface area contributed by atoms with Gasteiger partial charge in [0.25, 0.3) is 0 Å². The van der Waals surface area contributed by atoms with Gasteiger partial charge in [0.1, 0.15) is 5.40 Å². The molecular formula is C3HINS. The van der Waals surface area contributed by atoms with E-state index in [1.165, 1.54) is 0 Å². The molecule has 0 aliphatic rings. The van der Waals surface area contributed by atoms with Crippen LogP contribution in [0.4, 0.5) is 0 Å². The van der Waals surface area contributed by atoms with Gasteiger partial charge in [0.15, 0.2) is 0 Å². The molecule has 0 N–H and O–H groups in total. The maximum absolute atomic E-state index is 7.82. The van der Waals surface area contributed by atoms with Crippen LogP contribution in [0.15, 0.2) is 4.08 Å². The van der Waals surface area contributed by atoms with Crippen LogP contribution < -0.4 is 0 Å². The van der Waals surface area contributed by atoms with Crippen LogP contribution in [0.1, 0.15) is 0 Å². The normalized spacial score (nSPS) is 8.67. The lowest BCUT2D eigenvalue weighted by Crippen LogP contribution is -1.34. The molecule has 0 rings (SSSR count). The van der Waals surface area contributed by atoms with Gasteiger partial charge in [-0.1, -0.05) is 22.6 Å². The van der Waals surface area contributed by atoms with Gasteiger partial charge in [-0.2, -0.15) is 5.26 Å². The first-order chi connectivity index (χ1) is 2.91. The molecule has 1 nitrogen and oxygen atoms in total. The van der Waals surface area contributed by atoms with Crippen LogP contribution in [-0.2, 0) is 0 Å². The molecule has 0 aromatic rings. The lowest BCUT2D eigenvalue weighted by molar-refractivity contribution is 1.57. The van der Waals surface area contributed by atoms with E-state index in [4.69, 9.17) is 5.26 Å². The molecule has 0 aromatic carbocycles. The van der Waals surface area contributed by atoms with Gasteiger partial charge < -0.3 is 0 Å². The van der Waals surface area contributed by atoms with Crippen molar-refractivity contribution in [3.63, 3.8) is 0 Å². The molecule has 0 saturated carbocycles. The first-order valence-corrected chi connectivity index (χ1v) is 3.20. The number of nitrogens with zero attached hydrogens (tertiary/aromatic N) is 1. The minimum atomic E-state index is 1.00. The Morgan fingerprint density at radius 2 is 2.50 bits per heavy atom. The lowest BCUT2D eigenvalue weighted by Gasteiger charge is -1.59. The molecule has 0 bridgehead atoms. The molecule has 0 unspecified atom stereocenters. The number of hydrogen-bond donors (Lipinski definition) is 0. The third-order valence-corrected chi connectivity index (χ3v) is 1.21. The molecular weight excluding hydrogens is 209 g/mol. The molecule has 3 heteroatoms. The van der Waals surface area contributed by atoms with E-state index in [-0.39, 0.29) is 0 Å². The Morgan fingerprint density at radius 1 is 1.83 bits per heavy atom. The van der Waals surface area contributed by atoms with Crippen LogP contribution in [0, 0.1) is 16.1 Å². The van der Waals surface area contributed by atoms with Crippen LogP contribution >= 0.6 is 34.4 Å². The largest absolute Gasteiger partial charge is 0.185 e. The van der Waals surface area contributed by atoms with E-state index in [9.17, 15) is 0 Å². The molecule has 0 amide bonds. The topological polar surface area (TPSA) is 23.8 Å². The zero-order valence-corrected chi connectivity index (χ0v) is 5.78. The number of hydrogen-bond acceptors (Lipinski definition) is 2. The van der Waals surface area contributed by atoms with Gasteiger partial charge in [0, 0.05) is 5.41 Å². The van der Waals surface area contributed by atoms with Crippen molar-refractivity contribution in [1.82, 2.24) is 0 Å². The van der Waals surface area contributed by atoms with Crippen molar-refractivity contribution in [3.8, 4) is 5.40 Å². The predicted molar refractivity (Wildman–Crippen MR) is 35.0 cm³/mol. The van der Waals surface area contributed by atoms with E-state index in [0.29, 0.717) is 0 Å². The Kier molecular flexibility index (Phi) is 5.58. The Balaban J connectivity index is 2.92. The highest BCUT2D eigenvalue weighted by molar-refractivity contribution is 14.1. The Morgan fingerprint density at radius 3 is 2.67 bits per heavy atom. The fourth-order valence-corrected chi connectivity index (χ4v) is 0.527. The van der Waals surface area contributed by atoms with Crippen LogP contribution in [0.5, 0.6) is 0 Å². The van der Waals surface area contributed by atoms with Crippen LogP contribution in [0.2, 0.25) is 0 Å². The lowest BCUT2D eigenvalue weighted by atomic mass is 11.3. The monoisotopic (exact) mass is 210 g/mol. The van der Waals surface area contributed by atoms with Gasteiger partial charge in [-0.05, 0) is 15.8 Å². The minimum Gasteiger partial charge on any atom is -0.185 e. The van der Waals surface area contributed by atoms with E-state index in [0.717, 1.165) is 11.8 Å². The van der Waals surface area contributed by atoms with Crippen molar-refractivity contribution in [2.45, 2.75) is 0 Å². The van der Waals surface area contributed by atoms with E-state index in [1.54, 1.807) is 4.08 Å². The fourth-order valence-electron chi connectivity index (χ4n) is 0.0486. The van der Waals surface area contributed by atoms with Crippen molar-refractivity contribution in [1.29, 1.82) is 5.26 Å². The summed E-state index contributed by atoms with van der Waals surface area (Å²) < 4.78 is 1.67. The van der Waals surface area contributed by atoms with Crippen molar-refractivity contribution < 1.29 is 0 Å². The smallest absolute Gasteiger partial charge is 0.138 e. The van der Waals surface area contributed by atoms with E-state index in [1.807, 2.05) is 28.0 Å². The first-order valence-electron chi connectivity index (χ1n) is 1.14. The molecule has 0 aliphatic heterocycles. The van der Waals surface area contributed by atoms with Crippen LogP contribution in [-0.4, -0.2) is 0 Å². The zero-order chi connectivity index (χ0) is 4.83. The summed E-state index contributed by atoms with van der Waals surface area (Å²) in [5, 5.41) is 12.3. The fraction of sp³-hybridized carbons (Fsp3) is 0. The summed E-state index contributed by atoms with van der Waals surface area (Å²) in [4.78, 5) is 0. The number of thioether (sulfide) groups is 1. The van der Waals surface area contributed by atoms with Gasteiger partial charge in [-0.25, -0.2) is 0 Å². The minimum absolute atomic E-state index is 1.00. The number of thiocyanates is 1. The quantitative estimate of drug-likeness (QED) is 0.487. The Bertz CT molecular complexity index is 83.3. The summed E-state index contributed by atoms with van der Waals surface area (Å²) in [6.07, 6.45) is 0. The molecule has 0 aromatic heterocycles. The SMILES string of the molecule is N#CS/[C]=C\I. The number of rotatable bonds is 1. The van der Waals surface area contributed by atoms with Crippen molar-refractivity contribution in [2.75, 3.05) is 0 Å². The number of halogens is 1. The second kappa shape index (κ2) is 5.31. The summed E-state index contributed by atoms with van der Waals surface area (Å²) in [7, 11) is 0. The molecule has 0 saturated heterocycles. The highest BCUT2D eigenvalue weighted by Crippen LogP contribution is 1.97. The molecule has 0 spiro atoms. The predicted octanol–water partition coefficient (Wildman–Crippen LogP) is 1.91. The Hall–Kier alpha value is 0.310. The standard InChI is InChI=1S/C3HINS/c4-1-2-6-3-5/h1H. The molecule has 0 fully saturated rings. The van der Waals surface area contributed by atoms with Crippen LogP contribution in [0.25, 0.3) is 0 Å². The molecule has 31 valence electrons. The Labute approximate surface area is 54.6 Å². The van der Waals surface area contributed by atoms with Crippen molar-refractivity contribution >= 4 is 34.4 Å². The third-order valence-electron chi connectivity index (χ3n) is 0.149. The second-order valence-electron chi connectivity index (χ2n) is 0.420. The molecule has 1 radical (unpaired) electrons. The van der Waals surface area contributed by atoms with E-state index >= 15 is 0 Å². The summed E-state index contributed by atoms with van der Waals surface area (Å²) in [5.41, 5.74) is 0. The maximum atomic E-state index is 7.82.